The van der Waals surface area contributed by atoms with E-state index in [0.717, 1.165) is 38.2 Å². The van der Waals surface area contributed by atoms with Crippen molar-refractivity contribution in [1.29, 1.82) is 0 Å². The molecule has 2 heterocycles. The first-order valence-electron chi connectivity index (χ1n) is 8.12. The highest BCUT2D eigenvalue weighted by atomic mass is 35.5. The fraction of sp³-hybridized carbons (Fsp3) is 0.625. The molecule has 2 saturated heterocycles. The molecule has 0 radical (unpaired) electrons. The summed E-state index contributed by atoms with van der Waals surface area (Å²) in [5.74, 6) is 0.418. The number of methoxy groups -OCH3 is 1. The van der Waals surface area contributed by atoms with Crippen LogP contribution in [-0.4, -0.2) is 70.0 Å². The van der Waals surface area contributed by atoms with Gasteiger partial charge in [0.25, 0.3) is 0 Å². The van der Waals surface area contributed by atoms with Crippen molar-refractivity contribution >= 4 is 22.4 Å². The molecule has 0 aromatic heterocycles. The van der Waals surface area contributed by atoms with Crippen molar-refractivity contribution in [2.24, 2.45) is 0 Å². The Hall–Kier alpha value is -0.860. The average molecular weight is 376 g/mol. The summed E-state index contributed by atoms with van der Waals surface area (Å²) >= 11 is 0. The fourth-order valence-electron chi connectivity index (χ4n) is 3.40. The number of aryl methyl sites for hydroxylation is 1. The standard InChI is InChI=1S/C16H25N3O3S.ClH/c1-13-3-4-15(22-2)16(11-13)23(20,21)19-8-5-14(12-19)18-9-6-17-7-10-18;/h3-4,11,14,17H,5-10,12H2,1-2H3;1H. The SMILES string of the molecule is COc1ccc(C)cc1S(=O)(=O)N1CCC(N2CCNCC2)C1.Cl. The van der Waals surface area contributed by atoms with Gasteiger partial charge in [0.1, 0.15) is 10.6 Å². The van der Waals surface area contributed by atoms with Gasteiger partial charge in [0.2, 0.25) is 10.0 Å². The summed E-state index contributed by atoms with van der Waals surface area (Å²) in [7, 11) is -2.00. The zero-order chi connectivity index (χ0) is 16.4. The third-order valence-corrected chi connectivity index (χ3v) is 6.62. The lowest BCUT2D eigenvalue weighted by molar-refractivity contribution is 0.179. The maximum absolute atomic E-state index is 13.0. The van der Waals surface area contributed by atoms with Crippen molar-refractivity contribution in [1.82, 2.24) is 14.5 Å². The van der Waals surface area contributed by atoms with E-state index in [2.05, 4.69) is 10.2 Å². The van der Waals surface area contributed by atoms with Gasteiger partial charge in [-0.2, -0.15) is 4.31 Å². The van der Waals surface area contributed by atoms with Crippen molar-refractivity contribution < 1.29 is 13.2 Å². The van der Waals surface area contributed by atoms with Gasteiger partial charge < -0.3 is 10.1 Å². The Bertz CT molecular complexity index is 663. The molecular weight excluding hydrogens is 350 g/mol. The highest BCUT2D eigenvalue weighted by molar-refractivity contribution is 7.89. The van der Waals surface area contributed by atoms with E-state index < -0.39 is 10.0 Å². The first kappa shape index (κ1) is 19.5. The van der Waals surface area contributed by atoms with Crippen LogP contribution in [0.4, 0.5) is 0 Å². The van der Waals surface area contributed by atoms with Gasteiger partial charge in [-0.15, -0.1) is 12.4 Å². The molecule has 3 rings (SSSR count). The number of nitrogens with one attached hydrogen (secondary N) is 1. The van der Waals surface area contributed by atoms with Crippen LogP contribution in [0.5, 0.6) is 5.75 Å². The molecule has 0 aliphatic carbocycles. The number of sulfonamides is 1. The average Bonchev–Trinajstić information content (AvgIpc) is 3.06. The third-order valence-electron chi connectivity index (χ3n) is 4.73. The van der Waals surface area contributed by atoms with Gasteiger partial charge in [0.05, 0.1) is 7.11 Å². The Balaban J connectivity index is 0.00000208. The second-order valence-corrected chi connectivity index (χ2v) is 8.15. The maximum atomic E-state index is 13.0. The molecular formula is C16H26ClN3O3S. The molecule has 0 spiro atoms. The number of piperazine rings is 1. The van der Waals surface area contributed by atoms with E-state index in [4.69, 9.17) is 4.74 Å². The summed E-state index contributed by atoms with van der Waals surface area (Å²) in [4.78, 5) is 2.68. The summed E-state index contributed by atoms with van der Waals surface area (Å²) in [6.45, 7) is 6.99. The smallest absolute Gasteiger partial charge is 0.246 e. The van der Waals surface area contributed by atoms with E-state index in [-0.39, 0.29) is 17.3 Å². The maximum Gasteiger partial charge on any atom is 0.246 e. The molecule has 1 unspecified atom stereocenters. The van der Waals surface area contributed by atoms with Gasteiger partial charge in [-0.25, -0.2) is 8.42 Å². The topological polar surface area (TPSA) is 61.9 Å². The summed E-state index contributed by atoms with van der Waals surface area (Å²) in [5, 5.41) is 3.34. The van der Waals surface area contributed by atoms with Crippen LogP contribution in [0.15, 0.2) is 23.1 Å². The lowest BCUT2D eigenvalue weighted by atomic mass is 10.2. The number of benzene rings is 1. The third kappa shape index (κ3) is 3.86. The van der Waals surface area contributed by atoms with E-state index in [9.17, 15) is 8.42 Å². The van der Waals surface area contributed by atoms with Crippen LogP contribution < -0.4 is 10.1 Å². The van der Waals surface area contributed by atoms with E-state index in [1.54, 1.807) is 16.4 Å². The molecule has 0 bridgehead atoms. The first-order valence-corrected chi connectivity index (χ1v) is 9.56. The van der Waals surface area contributed by atoms with Crippen molar-refractivity contribution in [2.75, 3.05) is 46.4 Å². The Morgan fingerprint density at radius 3 is 2.58 bits per heavy atom. The van der Waals surface area contributed by atoms with Crippen molar-refractivity contribution in [2.45, 2.75) is 24.3 Å². The molecule has 2 aliphatic rings. The Kier molecular flexibility index (Phi) is 6.50. The van der Waals surface area contributed by atoms with Crippen molar-refractivity contribution in [3.05, 3.63) is 23.8 Å². The first-order chi connectivity index (χ1) is 11.0. The normalized spacial score (nSPS) is 23.0. The Morgan fingerprint density at radius 1 is 1.21 bits per heavy atom. The Morgan fingerprint density at radius 2 is 1.92 bits per heavy atom. The van der Waals surface area contributed by atoms with E-state index in [1.165, 1.54) is 7.11 Å². The van der Waals surface area contributed by atoms with Gasteiger partial charge in [-0.3, -0.25) is 4.90 Å². The van der Waals surface area contributed by atoms with Gasteiger partial charge >= 0.3 is 0 Å². The number of halogens is 1. The van der Waals surface area contributed by atoms with Crippen molar-refractivity contribution in [3.8, 4) is 5.75 Å². The van der Waals surface area contributed by atoms with E-state index >= 15 is 0 Å². The lowest BCUT2D eigenvalue weighted by Crippen LogP contribution is -2.49. The molecule has 2 fully saturated rings. The number of nitrogens with zero attached hydrogens (tertiary/aromatic N) is 2. The molecule has 8 heteroatoms. The molecule has 1 aromatic rings. The quantitative estimate of drug-likeness (QED) is 0.853. The fourth-order valence-corrected chi connectivity index (χ4v) is 5.13. The van der Waals surface area contributed by atoms with Crippen LogP contribution in [0.2, 0.25) is 0 Å². The van der Waals surface area contributed by atoms with Gasteiger partial charge in [-0.1, -0.05) is 6.07 Å². The highest BCUT2D eigenvalue weighted by Crippen LogP contribution is 2.30. The Labute approximate surface area is 150 Å². The van der Waals surface area contributed by atoms with Crippen LogP contribution >= 0.6 is 12.4 Å². The minimum Gasteiger partial charge on any atom is -0.495 e. The summed E-state index contributed by atoms with van der Waals surface area (Å²) < 4.78 is 32.9. The lowest BCUT2D eigenvalue weighted by Gasteiger charge is -2.32. The molecule has 24 heavy (non-hydrogen) atoms. The number of hydrogen-bond donors (Lipinski definition) is 1. The predicted molar refractivity (Wildman–Crippen MR) is 96.6 cm³/mol. The monoisotopic (exact) mass is 375 g/mol. The van der Waals surface area contributed by atoms with Gasteiger partial charge in [0, 0.05) is 45.3 Å². The number of hydrogen-bond acceptors (Lipinski definition) is 5. The predicted octanol–water partition coefficient (Wildman–Crippen LogP) is 1.09. The van der Waals surface area contributed by atoms with Crippen molar-refractivity contribution in [3.63, 3.8) is 0 Å². The van der Waals surface area contributed by atoms with Crippen LogP contribution in [0, 0.1) is 6.92 Å². The van der Waals surface area contributed by atoms with E-state index in [1.807, 2.05) is 13.0 Å². The molecule has 1 N–H and O–H groups in total. The van der Waals surface area contributed by atoms with Crippen LogP contribution in [-0.2, 0) is 10.0 Å². The number of rotatable bonds is 4. The van der Waals surface area contributed by atoms with Gasteiger partial charge in [0.15, 0.2) is 0 Å². The highest BCUT2D eigenvalue weighted by Gasteiger charge is 2.36. The second kappa shape index (κ2) is 8.01. The zero-order valence-electron chi connectivity index (χ0n) is 14.2. The summed E-state index contributed by atoms with van der Waals surface area (Å²) in [5.41, 5.74) is 0.919. The summed E-state index contributed by atoms with van der Waals surface area (Å²) in [6.07, 6.45) is 0.896. The molecule has 0 amide bonds. The second-order valence-electron chi connectivity index (χ2n) is 6.25. The van der Waals surface area contributed by atoms with E-state index in [0.29, 0.717) is 24.9 Å². The largest absolute Gasteiger partial charge is 0.495 e. The molecule has 1 atom stereocenters. The molecule has 0 saturated carbocycles. The van der Waals surface area contributed by atoms with Crippen LogP contribution in [0.25, 0.3) is 0 Å². The summed E-state index contributed by atoms with van der Waals surface area (Å²) in [6, 6.07) is 5.62. The minimum absolute atomic E-state index is 0. The zero-order valence-corrected chi connectivity index (χ0v) is 15.8. The molecule has 6 nitrogen and oxygen atoms in total. The molecule has 2 aliphatic heterocycles. The van der Waals surface area contributed by atoms with Crippen LogP contribution in [0.1, 0.15) is 12.0 Å². The minimum atomic E-state index is -3.51. The number of ether oxygens (including phenoxy) is 1. The molecule has 136 valence electrons. The molecule has 1 aromatic carbocycles. The van der Waals surface area contributed by atoms with Gasteiger partial charge in [-0.05, 0) is 31.0 Å². The van der Waals surface area contributed by atoms with Crippen LogP contribution in [0.3, 0.4) is 0 Å².